The van der Waals surface area contributed by atoms with Crippen LogP contribution in [0.5, 0.6) is 0 Å². The Labute approximate surface area is 620 Å². The fourth-order valence-corrected chi connectivity index (χ4v) is 30.2. The molecule has 0 saturated carbocycles. The van der Waals surface area contributed by atoms with Gasteiger partial charge in [-0.3, -0.25) is 0 Å². The molecular weight excluding hydrogens is 1450 g/mol. The van der Waals surface area contributed by atoms with Crippen LogP contribution in [0.25, 0.3) is 0 Å². The fourth-order valence-electron chi connectivity index (χ4n) is 8.22. The Morgan fingerprint density at radius 2 is 0.323 bits per heavy atom. The molecule has 0 amide bonds. The first kappa shape index (κ1) is 117. The van der Waals surface area contributed by atoms with E-state index < -0.39 is 52.8 Å². The van der Waals surface area contributed by atoms with Crippen LogP contribution in [0.3, 0.4) is 0 Å². The van der Waals surface area contributed by atoms with Crippen LogP contribution in [-0.2, 0) is 79.7 Å². The van der Waals surface area contributed by atoms with Crippen LogP contribution in [0, 0.1) is 0 Å². The Balaban J connectivity index is -0.000000124. The van der Waals surface area contributed by atoms with Crippen molar-refractivity contribution < 1.29 is 79.7 Å². The highest BCUT2D eigenvalue weighted by Gasteiger charge is 2.44. The molecule has 0 bridgehead atoms. The summed E-state index contributed by atoms with van der Waals surface area (Å²) >= 11 is 18.5. The third-order valence-corrected chi connectivity index (χ3v) is 36.2. The molecule has 0 aliphatic rings. The topological polar surface area (TPSA) is 166 Å². The molecule has 0 aromatic heterocycles. The molecule has 0 spiro atoms. The van der Waals surface area contributed by atoms with Crippen LogP contribution < -0.4 is 0 Å². The van der Waals surface area contributed by atoms with E-state index in [1.165, 1.54) is 0 Å². The van der Waals surface area contributed by atoms with Crippen molar-refractivity contribution >= 4 is 144 Å². The molecule has 32 heteroatoms. The van der Waals surface area contributed by atoms with Gasteiger partial charge < -0.3 is 79.7 Å². The summed E-state index contributed by atoms with van der Waals surface area (Å²) in [5.74, 6) is 7.08. The van der Waals surface area contributed by atoms with Gasteiger partial charge in [0.05, 0.1) is 0 Å². The smallest absolute Gasteiger partial charge is 0.374 e. The molecule has 0 N–H and O–H groups in total. The molecule has 0 radical (unpaired) electrons. The maximum Gasteiger partial charge on any atom is 0.500 e. The average Bonchev–Trinajstić information content (AvgIpc) is 2.81. The molecule has 0 atom stereocenters. The highest BCUT2D eigenvalue weighted by molar-refractivity contribution is 8.77. The standard InChI is InChI=1S/2C18H42O6S2Si2.2C9H22O3SSi.C2H4Cl2.5CH4/c2*1-7-19-27(20-8-2,21-9-3)17-13-15-25-26-16-14-18-28(22-10-4,23-11-5)24-12-6;2*1-4-10-14(11-5-2,12-6-3)9-7-8-13;3-1-2-4;;;;;/h2*7-18H2,1-6H3;2*13H,4-9H2,1-3H3;1-2H2;5*1H4. The largest absolute Gasteiger partial charge is 0.500 e. The van der Waals surface area contributed by atoms with Gasteiger partial charge in [0.25, 0.3) is 0 Å². The lowest BCUT2D eigenvalue weighted by molar-refractivity contribution is 0.0704. The Morgan fingerprint density at radius 1 is 0.215 bits per heavy atom. The molecule has 0 aromatic carbocycles. The van der Waals surface area contributed by atoms with E-state index in [-0.39, 0.29) is 37.1 Å². The van der Waals surface area contributed by atoms with E-state index in [0.717, 1.165) is 109 Å². The first-order valence-corrected chi connectivity index (χ1v) is 51.8. The molecule has 0 heterocycles. The van der Waals surface area contributed by atoms with Crippen molar-refractivity contribution in [3.8, 4) is 0 Å². The number of thiol groups is 2. The van der Waals surface area contributed by atoms with E-state index in [2.05, 4.69) is 25.3 Å². The lowest BCUT2D eigenvalue weighted by atomic mass is 10.6. The fraction of sp³-hybridized carbons (Fsp3) is 1.00. The molecule has 0 saturated heterocycles. The molecule has 93 heavy (non-hydrogen) atoms. The number of halogens is 2. The summed E-state index contributed by atoms with van der Waals surface area (Å²) < 4.78 is 105. The predicted octanol–water partition coefficient (Wildman–Crippen LogP) is 19.8. The van der Waals surface area contributed by atoms with Crippen LogP contribution in [0.1, 0.15) is 200 Å². The number of rotatable bonds is 61. The van der Waals surface area contributed by atoms with Gasteiger partial charge in [0.15, 0.2) is 0 Å². The van der Waals surface area contributed by atoms with E-state index >= 15 is 0 Å². The van der Waals surface area contributed by atoms with E-state index in [1.807, 2.05) is 168 Å². The second-order valence-corrected chi connectivity index (χ2v) is 41.1. The zero-order chi connectivity index (χ0) is 67.4. The first-order valence-electron chi connectivity index (χ1n) is 32.9. The van der Waals surface area contributed by atoms with Gasteiger partial charge >= 0.3 is 52.8 Å². The van der Waals surface area contributed by atoms with Gasteiger partial charge in [-0.25, -0.2) is 0 Å². The zero-order valence-electron chi connectivity index (χ0n) is 58.5. The molecule has 578 valence electrons. The second-order valence-electron chi connectivity index (χ2n) is 17.6. The van der Waals surface area contributed by atoms with E-state index in [4.69, 9.17) is 103 Å². The quantitative estimate of drug-likeness (QED) is 0.0194. The first-order chi connectivity index (χ1) is 42.5. The number of alkyl halides is 2. The van der Waals surface area contributed by atoms with Gasteiger partial charge in [0, 0.05) is 190 Å². The summed E-state index contributed by atoms with van der Waals surface area (Å²) in [4.78, 5) is 0. The van der Waals surface area contributed by atoms with E-state index in [0.29, 0.717) is 131 Å². The summed E-state index contributed by atoms with van der Waals surface area (Å²) in [6.07, 6.45) is 6.13. The second kappa shape index (κ2) is 85.9. The van der Waals surface area contributed by atoms with Crippen LogP contribution >= 0.6 is 91.6 Å². The maximum atomic E-state index is 5.90. The minimum Gasteiger partial charge on any atom is -0.374 e. The molecule has 18 nitrogen and oxygen atoms in total. The molecule has 0 unspecified atom stereocenters. The molecule has 0 aliphatic heterocycles. The highest BCUT2D eigenvalue weighted by atomic mass is 35.5. The summed E-state index contributed by atoms with van der Waals surface area (Å²) in [7, 11) is -7.07. The SMILES string of the molecule is C.C.C.C.C.CCO[Si](CCCS)(OCC)OCC.CCO[Si](CCCS)(OCC)OCC.CCO[Si](CCCSSCCC[Si](OCC)(OCC)OCC)(OCC)OCC.CCO[Si](CCCSSCCC[Si](OCC)(OCC)OCC)(OCC)OCC.ClCCCl. The van der Waals surface area contributed by atoms with Crippen molar-refractivity contribution in [3.63, 3.8) is 0 Å². The number of hydrogen-bond donors (Lipinski definition) is 2. The Morgan fingerprint density at radius 3 is 0.409 bits per heavy atom. The van der Waals surface area contributed by atoms with Crippen molar-refractivity contribution in [2.45, 2.75) is 237 Å². The van der Waals surface area contributed by atoms with Crippen LogP contribution in [-0.4, -0.2) is 218 Å². The zero-order valence-corrected chi connectivity index (χ0v) is 71.1. The minimum absolute atomic E-state index is 0. The minimum atomic E-state index is -2.49. The molecule has 0 aromatic rings. The van der Waals surface area contributed by atoms with Crippen molar-refractivity contribution in [3.05, 3.63) is 0 Å². The molecular formula is C61H152Cl2O18S6Si6. The normalized spacial score (nSPS) is 11.5. The van der Waals surface area contributed by atoms with Crippen LogP contribution in [0.4, 0.5) is 0 Å². The predicted molar refractivity (Wildman–Crippen MR) is 433 cm³/mol. The van der Waals surface area contributed by atoms with Gasteiger partial charge in [0.1, 0.15) is 0 Å². The summed E-state index contributed by atoms with van der Waals surface area (Å²) in [5, 5.41) is 0. The molecule has 0 aliphatic carbocycles. The third kappa shape index (κ3) is 65.7. The van der Waals surface area contributed by atoms with Crippen LogP contribution in [0.15, 0.2) is 0 Å². The lowest BCUT2D eigenvalue weighted by Gasteiger charge is -2.28. The van der Waals surface area contributed by atoms with Gasteiger partial charge in [0.2, 0.25) is 0 Å². The third-order valence-electron chi connectivity index (χ3n) is 10.9. The van der Waals surface area contributed by atoms with Gasteiger partial charge in [-0.05, 0) is 175 Å². The highest BCUT2D eigenvalue weighted by Crippen LogP contribution is 2.31. The van der Waals surface area contributed by atoms with Gasteiger partial charge in [-0.1, -0.05) is 80.3 Å². The van der Waals surface area contributed by atoms with E-state index in [9.17, 15) is 0 Å². The lowest BCUT2D eigenvalue weighted by Crippen LogP contribution is -2.46. The Hall–Kier alpha value is 3.26. The molecule has 0 rings (SSSR count). The number of hydrogen-bond acceptors (Lipinski definition) is 24. The van der Waals surface area contributed by atoms with Crippen molar-refractivity contribution in [1.82, 2.24) is 0 Å². The summed E-state index contributed by atoms with van der Waals surface area (Å²) in [6, 6.07) is 5.25. The Bertz CT molecular complexity index is 1130. The van der Waals surface area contributed by atoms with Crippen molar-refractivity contribution in [2.75, 3.05) is 165 Å². The van der Waals surface area contributed by atoms with Crippen molar-refractivity contribution in [2.24, 2.45) is 0 Å². The molecule has 0 fully saturated rings. The summed E-state index contributed by atoms with van der Waals surface area (Å²) in [6.45, 7) is 47.4. The van der Waals surface area contributed by atoms with Crippen LogP contribution in [0.2, 0.25) is 36.3 Å². The van der Waals surface area contributed by atoms with Crippen molar-refractivity contribution in [1.29, 1.82) is 0 Å². The average molecular weight is 1610 g/mol. The Kier molecular flexibility index (Phi) is 108. The summed E-state index contributed by atoms with van der Waals surface area (Å²) in [5.41, 5.74) is 0. The maximum absolute atomic E-state index is 5.90. The van der Waals surface area contributed by atoms with Gasteiger partial charge in [-0.15, -0.1) is 23.2 Å². The van der Waals surface area contributed by atoms with Gasteiger partial charge in [-0.2, -0.15) is 25.3 Å². The monoisotopic (exact) mass is 1600 g/mol. The van der Waals surface area contributed by atoms with E-state index in [1.54, 1.807) is 0 Å².